The molecule has 2 N–H and O–H groups in total. The van der Waals surface area contributed by atoms with Crippen LogP contribution in [0.1, 0.15) is 49.1 Å². The number of nitrogens with one attached hydrogen (secondary N) is 2. The number of nitrogens with zero attached hydrogens (tertiary/aromatic N) is 2. The SMILES string of the molecule is CN[C@H](C(=O)NC1CCCC(n2c(=O)c3c(C)onc3c3c(Cl)cccc32)C1)c1ccccc1.Cl. The van der Waals surface area contributed by atoms with Gasteiger partial charge in [0.25, 0.3) is 5.56 Å². The Balaban J connectivity index is 0.00000289. The number of hydrogen-bond donors (Lipinski definition) is 2. The Morgan fingerprint density at radius 3 is 2.66 bits per heavy atom. The van der Waals surface area contributed by atoms with Crippen LogP contribution in [0.25, 0.3) is 21.8 Å². The first-order chi connectivity index (χ1) is 16.5. The molecule has 2 aromatic heterocycles. The van der Waals surface area contributed by atoms with Gasteiger partial charge in [-0.25, -0.2) is 0 Å². The number of rotatable bonds is 5. The van der Waals surface area contributed by atoms with E-state index in [2.05, 4.69) is 15.8 Å². The number of aryl methyl sites for hydroxylation is 1. The molecule has 5 rings (SSSR count). The minimum absolute atomic E-state index is 0. The summed E-state index contributed by atoms with van der Waals surface area (Å²) < 4.78 is 7.20. The van der Waals surface area contributed by atoms with Crippen molar-refractivity contribution in [2.24, 2.45) is 0 Å². The molecule has 1 aliphatic carbocycles. The third-order valence-electron chi connectivity index (χ3n) is 6.83. The van der Waals surface area contributed by atoms with E-state index in [1.165, 1.54) is 0 Å². The summed E-state index contributed by atoms with van der Waals surface area (Å²) in [6.45, 7) is 1.75. The van der Waals surface area contributed by atoms with E-state index in [0.29, 0.717) is 28.1 Å². The first kappa shape index (κ1) is 25.2. The number of benzene rings is 2. The summed E-state index contributed by atoms with van der Waals surface area (Å²) >= 11 is 6.55. The fourth-order valence-corrected chi connectivity index (χ4v) is 5.50. The normalized spacial score (nSPS) is 18.8. The third-order valence-corrected chi connectivity index (χ3v) is 7.14. The molecule has 184 valence electrons. The van der Waals surface area contributed by atoms with Crippen molar-refractivity contribution in [3.8, 4) is 0 Å². The van der Waals surface area contributed by atoms with Gasteiger partial charge in [0.1, 0.15) is 22.7 Å². The average Bonchev–Trinajstić information content (AvgIpc) is 3.22. The summed E-state index contributed by atoms with van der Waals surface area (Å²) in [5, 5.41) is 12.2. The molecule has 0 radical (unpaired) electrons. The maximum absolute atomic E-state index is 13.6. The van der Waals surface area contributed by atoms with Gasteiger partial charge in [0, 0.05) is 17.5 Å². The van der Waals surface area contributed by atoms with Crippen LogP contribution in [-0.2, 0) is 4.79 Å². The molecule has 2 unspecified atom stereocenters. The highest BCUT2D eigenvalue weighted by molar-refractivity contribution is 6.37. The summed E-state index contributed by atoms with van der Waals surface area (Å²) in [6.07, 6.45) is 3.28. The van der Waals surface area contributed by atoms with Gasteiger partial charge in [-0.2, -0.15) is 0 Å². The number of carbonyl (C=O) groups is 1. The fraction of sp³-hybridized carbons (Fsp3) is 0.346. The van der Waals surface area contributed by atoms with Crippen LogP contribution >= 0.6 is 24.0 Å². The third kappa shape index (κ3) is 4.56. The second-order valence-electron chi connectivity index (χ2n) is 8.93. The van der Waals surface area contributed by atoms with E-state index < -0.39 is 6.04 Å². The van der Waals surface area contributed by atoms with Crippen LogP contribution in [-0.4, -0.2) is 28.7 Å². The molecule has 9 heteroatoms. The Morgan fingerprint density at radius 2 is 1.91 bits per heavy atom. The van der Waals surface area contributed by atoms with Gasteiger partial charge >= 0.3 is 0 Å². The van der Waals surface area contributed by atoms with E-state index in [1.807, 2.05) is 47.0 Å². The molecule has 2 aromatic carbocycles. The molecule has 35 heavy (non-hydrogen) atoms. The molecule has 1 saturated carbocycles. The summed E-state index contributed by atoms with van der Waals surface area (Å²) in [5.41, 5.74) is 2.03. The lowest BCUT2D eigenvalue weighted by Crippen LogP contribution is -2.44. The highest BCUT2D eigenvalue weighted by atomic mass is 35.5. The van der Waals surface area contributed by atoms with Crippen molar-refractivity contribution in [2.45, 2.75) is 50.7 Å². The molecule has 0 bridgehead atoms. The number of halogens is 2. The Kier molecular flexibility index (Phi) is 7.50. The number of likely N-dealkylation sites (N-methyl/N-ethyl adjacent to an activating group) is 1. The number of pyridine rings is 1. The Bertz CT molecular complexity index is 1420. The second-order valence-corrected chi connectivity index (χ2v) is 9.34. The van der Waals surface area contributed by atoms with Gasteiger partial charge in [0.2, 0.25) is 5.91 Å². The summed E-state index contributed by atoms with van der Waals surface area (Å²) in [6, 6.07) is 14.7. The lowest BCUT2D eigenvalue weighted by atomic mass is 9.89. The zero-order valence-electron chi connectivity index (χ0n) is 19.6. The maximum Gasteiger partial charge on any atom is 0.264 e. The van der Waals surface area contributed by atoms with Gasteiger partial charge in [-0.3, -0.25) is 9.59 Å². The molecular weight excluding hydrogens is 487 g/mol. The smallest absolute Gasteiger partial charge is 0.264 e. The molecular formula is C26H28Cl2N4O3. The summed E-state index contributed by atoms with van der Waals surface area (Å²) in [7, 11) is 1.78. The van der Waals surface area contributed by atoms with Crippen molar-refractivity contribution in [1.82, 2.24) is 20.4 Å². The first-order valence-electron chi connectivity index (χ1n) is 11.6. The van der Waals surface area contributed by atoms with Crippen LogP contribution in [0, 0.1) is 6.92 Å². The molecule has 0 aliphatic heterocycles. The molecule has 1 amide bonds. The molecule has 0 saturated heterocycles. The topological polar surface area (TPSA) is 89.2 Å². The van der Waals surface area contributed by atoms with Crippen molar-refractivity contribution >= 4 is 51.7 Å². The molecule has 3 atom stereocenters. The molecule has 7 nitrogen and oxygen atoms in total. The van der Waals surface area contributed by atoms with Crippen LogP contribution in [0.2, 0.25) is 5.02 Å². The lowest BCUT2D eigenvalue weighted by molar-refractivity contribution is -0.124. The molecule has 2 heterocycles. The largest absolute Gasteiger partial charge is 0.360 e. The van der Waals surface area contributed by atoms with Crippen molar-refractivity contribution in [3.63, 3.8) is 0 Å². The van der Waals surface area contributed by atoms with Gasteiger partial charge in [-0.05, 0) is 57.4 Å². The van der Waals surface area contributed by atoms with Crippen LogP contribution in [0.3, 0.4) is 0 Å². The fourth-order valence-electron chi connectivity index (χ4n) is 5.24. The standard InChI is InChI=1S/C26H27ClN4O3.ClH/c1-15-21-24(30-34-15)22-19(27)12-7-13-20(22)31(26(21)33)18-11-6-10-17(14-18)29-25(32)23(28-2)16-8-4-3-5-9-16;/h3-5,7-9,12-13,17-18,23,28H,6,10-11,14H2,1-2H3,(H,29,32);1H/t17?,18?,23-;/m0./s1. The van der Waals surface area contributed by atoms with Gasteiger partial charge in [0.05, 0.1) is 10.5 Å². The van der Waals surface area contributed by atoms with E-state index in [4.69, 9.17) is 16.1 Å². The van der Waals surface area contributed by atoms with Gasteiger partial charge in [-0.15, -0.1) is 12.4 Å². The molecule has 1 aliphatic rings. The molecule has 4 aromatic rings. The number of carbonyl (C=O) groups excluding carboxylic acids is 1. The van der Waals surface area contributed by atoms with Crippen molar-refractivity contribution < 1.29 is 9.32 Å². The van der Waals surface area contributed by atoms with Crippen LogP contribution in [0.4, 0.5) is 0 Å². The van der Waals surface area contributed by atoms with E-state index >= 15 is 0 Å². The number of fused-ring (bicyclic) bond motifs is 3. The van der Waals surface area contributed by atoms with E-state index in [9.17, 15) is 9.59 Å². The van der Waals surface area contributed by atoms with Gasteiger partial charge in [-0.1, -0.05) is 53.2 Å². The van der Waals surface area contributed by atoms with Crippen LogP contribution < -0.4 is 16.2 Å². The maximum atomic E-state index is 13.6. The Hall–Kier alpha value is -2.87. The quantitative estimate of drug-likeness (QED) is 0.387. The number of aromatic nitrogens is 2. The predicted molar refractivity (Wildman–Crippen MR) is 140 cm³/mol. The van der Waals surface area contributed by atoms with Gasteiger partial charge in [0.15, 0.2) is 0 Å². The van der Waals surface area contributed by atoms with E-state index in [1.54, 1.807) is 20.0 Å². The zero-order chi connectivity index (χ0) is 23.8. The highest BCUT2D eigenvalue weighted by Crippen LogP contribution is 2.35. The van der Waals surface area contributed by atoms with Crippen molar-refractivity contribution in [3.05, 3.63) is 75.2 Å². The second kappa shape index (κ2) is 10.4. The Morgan fingerprint density at radius 1 is 1.14 bits per heavy atom. The van der Waals surface area contributed by atoms with Gasteiger partial charge < -0.3 is 19.7 Å². The van der Waals surface area contributed by atoms with Crippen molar-refractivity contribution in [1.29, 1.82) is 0 Å². The zero-order valence-corrected chi connectivity index (χ0v) is 21.2. The monoisotopic (exact) mass is 514 g/mol. The number of hydrogen-bond acceptors (Lipinski definition) is 5. The summed E-state index contributed by atoms with van der Waals surface area (Å²) in [5.74, 6) is 0.417. The van der Waals surface area contributed by atoms with Crippen molar-refractivity contribution in [2.75, 3.05) is 7.05 Å². The number of amides is 1. The van der Waals surface area contributed by atoms with Crippen LogP contribution in [0.15, 0.2) is 57.8 Å². The van der Waals surface area contributed by atoms with E-state index in [-0.39, 0.29) is 36.0 Å². The Labute approximate surface area is 214 Å². The minimum Gasteiger partial charge on any atom is -0.360 e. The predicted octanol–water partition coefficient (Wildman–Crippen LogP) is 5.09. The minimum atomic E-state index is -0.431. The molecule has 0 spiro atoms. The lowest BCUT2D eigenvalue weighted by Gasteiger charge is -2.33. The molecule has 1 fully saturated rings. The highest BCUT2D eigenvalue weighted by Gasteiger charge is 2.30. The van der Waals surface area contributed by atoms with E-state index in [0.717, 1.165) is 35.7 Å². The first-order valence-corrected chi connectivity index (χ1v) is 12.0. The summed E-state index contributed by atoms with van der Waals surface area (Å²) in [4.78, 5) is 26.7. The van der Waals surface area contributed by atoms with Crippen LogP contribution in [0.5, 0.6) is 0 Å². The average molecular weight is 515 g/mol.